The SMILES string of the molecule is CN(C)c1ncc(-c2ccncc2)cc1C(F)(F)F. The Bertz CT molecular complexity index is 565. The standard InChI is InChI=1S/C13H12F3N3/c1-19(2)12-11(13(14,15)16)7-10(8-18-12)9-3-5-17-6-4-9/h3-8H,1-2H3. The van der Waals surface area contributed by atoms with Crippen LogP contribution in [0.1, 0.15) is 5.56 Å². The Kier molecular flexibility index (Phi) is 3.42. The van der Waals surface area contributed by atoms with Crippen molar-refractivity contribution in [1.82, 2.24) is 9.97 Å². The van der Waals surface area contributed by atoms with Crippen LogP contribution in [0.25, 0.3) is 11.1 Å². The summed E-state index contributed by atoms with van der Waals surface area (Å²) in [5, 5.41) is 0. The van der Waals surface area contributed by atoms with Crippen LogP contribution in [0, 0.1) is 0 Å². The molecular weight excluding hydrogens is 255 g/mol. The molecule has 2 aromatic rings. The van der Waals surface area contributed by atoms with Gasteiger partial charge in [-0.3, -0.25) is 4.98 Å². The lowest BCUT2D eigenvalue weighted by molar-refractivity contribution is -0.137. The largest absolute Gasteiger partial charge is 0.419 e. The molecule has 0 radical (unpaired) electrons. The molecule has 0 N–H and O–H groups in total. The minimum atomic E-state index is -4.43. The minimum absolute atomic E-state index is 0.0923. The first kappa shape index (κ1) is 13.3. The zero-order chi connectivity index (χ0) is 14.0. The van der Waals surface area contributed by atoms with Gasteiger partial charge in [-0.15, -0.1) is 0 Å². The van der Waals surface area contributed by atoms with Crippen LogP contribution in [-0.4, -0.2) is 24.1 Å². The summed E-state index contributed by atoms with van der Waals surface area (Å²) in [6, 6.07) is 4.40. The molecule has 0 aliphatic carbocycles. The van der Waals surface area contributed by atoms with Crippen molar-refractivity contribution in [1.29, 1.82) is 0 Å². The predicted octanol–water partition coefficient (Wildman–Crippen LogP) is 3.23. The Labute approximate surface area is 108 Å². The Hall–Kier alpha value is -2.11. The van der Waals surface area contributed by atoms with Crippen molar-refractivity contribution in [3.63, 3.8) is 0 Å². The second-order valence-corrected chi connectivity index (χ2v) is 4.22. The van der Waals surface area contributed by atoms with Gasteiger partial charge in [0, 0.05) is 38.2 Å². The van der Waals surface area contributed by atoms with Crippen LogP contribution in [0.15, 0.2) is 36.8 Å². The molecule has 0 aliphatic heterocycles. The highest BCUT2D eigenvalue weighted by Gasteiger charge is 2.35. The smallest absolute Gasteiger partial charge is 0.362 e. The fourth-order valence-electron chi connectivity index (χ4n) is 1.72. The van der Waals surface area contributed by atoms with E-state index in [0.29, 0.717) is 11.1 Å². The molecule has 0 saturated carbocycles. The van der Waals surface area contributed by atoms with Gasteiger partial charge in [0.2, 0.25) is 0 Å². The summed E-state index contributed by atoms with van der Waals surface area (Å²) < 4.78 is 39.1. The van der Waals surface area contributed by atoms with E-state index >= 15 is 0 Å². The molecule has 0 amide bonds. The Morgan fingerprint density at radius 2 is 1.68 bits per heavy atom. The molecule has 0 saturated heterocycles. The molecule has 0 bridgehead atoms. The van der Waals surface area contributed by atoms with Gasteiger partial charge in [-0.25, -0.2) is 4.98 Å². The molecule has 6 heteroatoms. The molecule has 2 aromatic heterocycles. The molecule has 0 aliphatic rings. The predicted molar refractivity (Wildman–Crippen MR) is 66.8 cm³/mol. The zero-order valence-electron chi connectivity index (χ0n) is 10.4. The first-order chi connectivity index (χ1) is 8.89. The molecule has 0 fully saturated rings. The molecule has 2 rings (SSSR count). The average molecular weight is 267 g/mol. The zero-order valence-corrected chi connectivity index (χ0v) is 10.4. The topological polar surface area (TPSA) is 29.0 Å². The fourth-order valence-corrected chi connectivity index (χ4v) is 1.72. The quantitative estimate of drug-likeness (QED) is 0.836. The van der Waals surface area contributed by atoms with E-state index < -0.39 is 11.7 Å². The molecule has 0 atom stereocenters. The van der Waals surface area contributed by atoms with Crippen LogP contribution in [0.2, 0.25) is 0 Å². The molecule has 19 heavy (non-hydrogen) atoms. The molecule has 0 unspecified atom stereocenters. The van der Waals surface area contributed by atoms with Gasteiger partial charge in [0.15, 0.2) is 0 Å². The van der Waals surface area contributed by atoms with E-state index in [-0.39, 0.29) is 5.82 Å². The summed E-state index contributed by atoms with van der Waals surface area (Å²) in [5.41, 5.74) is 0.324. The van der Waals surface area contributed by atoms with Crippen LogP contribution in [-0.2, 0) is 6.18 Å². The normalized spacial score (nSPS) is 11.4. The van der Waals surface area contributed by atoms with E-state index in [2.05, 4.69) is 9.97 Å². The van der Waals surface area contributed by atoms with Crippen LogP contribution in [0.3, 0.4) is 0 Å². The number of hydrogen-bond acceptors (Lipinski definition) is 3. The fraction of sp³-hybridized carbons (Fsp3) is 0.231. The van der Waals surface area contributed by atoms with Crippen molar-refractivity contribution < 1.29 is 13.2 Å². The van der Waals surface area contributed by atoms with E-state index in [1.165, 1.54) is 37.6 Å². The summed E-state index contributed by atoms with van der Waals surface area (Å²) in [6.45, 7) is 0. The summed E-state index contributed by atoms with van der Waals surface area (Å²) in [7, 11) is 3.06. The van der Waals surface area contributed by atoms with Crippen LogP contribution >= 0.6 is 0 Å². The first-order valence-electron chi connectivity index (χ1n) is 5.54. The molecule has 0 spiro atoms. The van der Waals surface area contributed by atoms with Crippen LogP contribution in [0.4, 0.5) is 19.0 Å². The maximum absolute atomic E-state index is 13.0. The highest BCUT2D eigenvalue weighted by atomic mass is 19.4. The Morgan fingerprint density at radius 3 is 2.21 bits per heavy atom. The average Bonchev–Trinajstić information content (AvgIpc) is 2.38. The molecule has 2 heterocycles. The van der Waals surface area contributed by atoms with Crippen molar-refractivity contribution in [3.05, 3.63) is 42.4 Å². The van der Waals surface area contributed by atoms with Gasteiger partial charge in [0.25, 0.3) is 0 Å². The van der Waals surface area contributed by atoms with Gasteiger partial charge >= 0.3 is 6.18 Å². The lowest BCUT2D eigenvalue weighted by Gasteiger charge is -2.18. The number of alkyl halides is 3. The number of nitrogens with zero attached hydrogens (tertiary/aromatic N) is 3. The first-order valence-corrected chi connectivity index (χ1v) is 5.54. The number of aromatic nitrogens is 2. The highest BCUT2D eigenvalue weighted by molar-refractivity contribution is 5.66. The number of halogens is 3. The van der Waals surface area contributed by atoms with Gasteiger partial charge in [0.1, 0.15) is 5.82 Å². The molecular formula is C13H12F3N3. The van der Waals surface area contributed by atoms with Gasteiger partial charge in [-0.05, 0) is 23.8 Å². The summed E-state index contributed by atoms with van der Waals surface area (Å²) in [6.07, 6.45) is 0.0560. The van der Waals surface area contributed by atoms with Crippen molar-refractivity contribution in [2.24, 2.45) is 0 Å². The van der Waals surface area contributed by atoms with E-state index in [9.17, 15) is 13.2 Å². The second kappa shape index (κ2) is 4.87. The number of anilines is 1. The van der Waals surface area contributed by atoms with Gasteiger partial charge in [-0.2, -0.15) is 13.2 Å². The Morgan fingerprint density at radius 1 is 1.05 bits per heavy atom. The molecule has 3 nitrogen and oxygen atoms in total. The van der Waals surface area contributed by atoms with Gasteiger partial charge < -0.3 is 4.90 Å². The van der Waals surface area contributed by atoms with Crippen molar-refractivity contribution in [2.75, 3.05) is 19.0 Å². The van der Waals surface area contributed by atoms with E-state index in [1.54, 1.807) is 12.1 Å². The maximum atomic E-state index is 13.0. The number of rotatable bonds is 2. The van der Waals surface area contributed by atoms with E-state index in [4.69, 9.17) is 0 Å². The summed E-state index contributed by atoms with van der Waals surface area (Å²) in [5.74, 6) is -0.0923. The third-order valence-corrected chi connectivity index (χ3v) is 2.61. The van der Waals surface area contributed by atoms with E-state index in [0.717, 1.165) is 6.07 Å². The van der Waals surface area contributed by atoms with Crippen molar-refractivity contribution >= 4 is 5.82 Å². The number of hydrogen-bond donors (Lipinski definition) is 0. The Balaban J connectivity index is 2.57. The summed E-state index contributed by atoms with van der Waals surface area (Å²) in [4.78, 5) is 9.09. The number of pyridine rings is 2. The van der Waals surface area contributed by atoms with Gasteiger partial charge in [0.05, 0.1) is 5.56 Å². The second-order valence-electron chi connectivity index (χ2n) is 4.22. The molecule has 0 aromatic carbocycles. The minimum Gasteiger partial charge on any atom is -0.362 e. The molecule has 100 valence electrons. The summed E-state index contributed by atoms with van der Waals surface area (Å²) >= 11 is 0. The third kappa shape index (κ3) is 2.83. The monoisotopic (exact) mass is 267 g/mol. The lowest BCUT2D eigenvalue weighted by atomic mass is 10.1. The lowest BCUT2D eigenvalue weighted by Crippen LogP contribution is -2.18. The van der Waals surface area contributed by atoms with Crippen LogP contribution < -0.4 is 4.90 Å². The van der Waals surface area contributed by atoms with E-state index in [1.807, 2.05) is 0 Å². The highest BCUT2D eigenvalue weighted by Crippen LogP contribution is 2.36. The van der Waals surface area contributed by atoms with Crippen LogP contribution in [0.5, 0.6) is 0 Å². The maximum Gasteiger partial charge on any atom is 0.419 e. The van der Waals surface area contributed by atoms with Gasteiger partial charge in [-0.1, -0.05) is 0 Å². The van der Waals surface area contributed by atoms with Crippen molar-refractivity contribution in [2.45, 2.75) is 6.18 Å². The van der Waals surface area contributed by atoms with Crippen molar-refractivity contribution in [3.8, 4) is 11.1 Å². The third-order valence-electron chi connectivity index (χ3n) is 2.61.